The number of alkyl halides is 3. The third kappa shape index (κ3) is 2.76. The molecule has 2 N–H and O–H groups in total. The van der Waals surface area contributed by atoms with Gasteiger partial charge in [-0.05, 0) is 6.42 Å². The molecule has 82 valence electrons. The number of carboxylic acid groups (broad SMARTS) is 1. The SMILES string of the molecule is O=C(O)N1CCC(NC(F)C(F)F)C1. The largest absolute Gasteiger partial charge is 0.465 e. The Bertz CT molecular complexity index is 215. The Morgan fingerprint density at radius 3 is 2.57 bits per heavy atom. The zero-order chi connectivity index (χ0) is 10.7. The molecule has 2 unspecified atom stereocenters. The molecule has 1 amide bonds. The molecule has 0 aliphatic carbocycles. The van der Waals surface area contributed by atoms with Gasteiger partial charge in [0.2, 0.25) is 6.30 Å². The van der Waals surface area contributed by atoms with E-state index in [2.05, 4.69) is 0 Å². The summed E-state index contributed by atoms with van der Waals surface area (Å²) in [5.74, 6) is 0. The standard InChI is InChI=1S/C7H11F3N2O2/c8-5(9)6(10)11-4-1-2-12(3-4)7(13)14/h4-6,11H,1-3H2,(H,13,14). The number of nitrogens with zero attached hydrogens (tertiary/aromatic N) is 1. The van der Waals surface area contributed by atoms with Crippen LogP contribution in [0.4, 0.5) is 18.0 Å². The maximum atomic E-state index is 12.5. The summed E-state index contributed by atoms with van der Waals surface area (Å²) < 4.78 is 36.0. The minimum Gasteiger partial charge on any atom is -0.465 e. The highest BCUT2D eigenvalue weighted by Crippen LogP contribution is 2.12. The van der Waals surface area contributed by atoms with Crippen LogP contribution in [0.5, 0.6) is 0 Å². The van der Waals surface area contributed by atoms with E-state index in [1.165, 1.54) is 0 Å². The number of rotatable bonds is 3. The van der Waals surface area contributed by atoms with Crippen LogP contribution in [0.2, 0.25) is 0 Å². The number of hydrogen-bond donors (Lipinski definition) is 2. The molecule has 7 heteroatoms. The number of nitrogens with one attached hydrogen (secondary N) is 1. The van der Waals surface area contributed by atoms with Crippen LogP contribution in [0.25, 0.3) is 0 Å². The number of amides is 1. The smallest absolute Gasteiger partial charge is 0.407 e. The third-order valence-electron chi connectivity index (χ3n) is 2.07. The fraction of sp³-hybridized carbons (Fsp3) is 0.857. The summed E-state index contributed by atoms with van der Waals surface area (Å²) in [5.41, 5.74) is 0. The summed E-state index contributed by atoms with van der Waals surface area (Å²) >= 11 is 0. The van der Waals surface area contributed by atoms with E-state index < -0.39 is 24.9 Å². The first-order valence-electron chi connectivity index (χ1n) is 4.17. The van der Waals surface area contributed by atoms with E-state index in [1.54, 1.807) is 0 Å². The Labute approximate surface area is 78.7 Å². The number of hydrogen-bond acceptors (Lipinski definition) is 2. The lowest BCUT2D eigenvalue weighted by atomic mass is 10.2. The molecule has 1 aliphatic rings. The molecule has 1 rings (SSSR count). The summed E-state index contributed by atoms with van der Waals surface area (Å²) in [7, 11) is 0. The van der Waals surface area contributed by atoms with Crippen LogP contribution in [-0.4, -0.2) is 48.0 Å². The van der Waals surface area contributed by atoms with E-state index in [1.807, 2.05) is 5.32 Å². The van der Waals surface area contributed by atoms with Gasteiger partial charge in [0.25, 0.3) is 6.43 Å². The average molecular weight is 212 g/mol. The Balaban J connectivity index is 2.32. The second kappa shape index (κ2) is 4.50. The van der Waals surface area contributed by atoms with Crippen molar-refractivity contribution in [2.75, 3.05) is 13.1 Å². The van der Waals surface area contributed by atoms with E-state index in [0.29, 0.717) is 6.42 Å². The van der Waals surface area contributed by atoms with Gasteiger partial charge in [-0.25, -0.2) is 18.0 Å². The Morgan fingerprint density at radius 2 is 2.14 bits per heavy atom. The van der Waals surface area contributed by atoms with Crippen molar-refractivity contribution in [1.82, 2.24) is 10.2 Å². The quantitative estimate of drug-likeness (QED) is 0.683. The van der Waals surface area contributed by atoms with Gasteiger partial charge in [-0.3, -0.25) is 5.32 Å². The first-order valence-corrected chi connectivity index (χ1v) is 4.17. The molecule has 1 heterocycles. The van der Waals surface area contributed by atoms with Gasteiger partial charge in [-0.1, -0.05) is 0 Å². The van der Waals surface area contributed by atoms with Crippen LogP contribution in [0.3, 0.4) is 0 Å². The lowest BCUT2D eigenvalue weighted by Crippen LogP contribution is -2.41. The van der Waals surface area contributed by atoms with Gasteiger partial charge in [0.15, 0.2) is 0 Å². The zero-order valence-electron chi connectivity index (χ0n) is 7.29. The maximum absolute atomic E-state index is 12.5. The zero-order valence-corrected chi connectivity index (χ0v) is 7.29. The summed E-state index contributed by atoms with van der Waals surface area (Å²) in [4.78, 5) is 11.5. The minimum absolute atomic E-state index is 0.0580. The van der Waals surface area contributed by atoms with Gasteiger partial charge >= 0.3 is 6.09 Å². The van der Waals surface area contributed by atoms with Gasteiger partial charge in [-0.2, -0.15) is 0 Å². The van der Waals surface area contributed by atoms with Crippen LogP contribution >= 0.6 is 0 Å². The molecule has 0 aromatic heterocycles. The van der Waals surface area contributed by atoms with Crippen LogP contribution in [0.15, 0.2) is 0 Å². The molecular weight excluding hydrogens is 201 g/mol. The van der Waals surface area contributed by atoms with Gasteiger partial charge in [0.05, 0.1) is 0 Å². The molecular formula is C7H11F3N2O2. The van der Waals surface area contributed by atoms with Crippen molar-refractivity contribution in [2.45, 2.75) is 25.2 Å². The van der Waals surface area contributed by atoms with E-state index in [4.69, 9.17) is 5.11 Å². The Kier molecular flexibility index (Phi) is 3.56. The van der Waals surface area contributed by atoms with Crippen LogP contribution in [0, 0.1) is 0 Å². The minimum atomic E-state index is -3.08. The van der Waals surface area contributed by atoms with Crippen molar-refractivity contribution in [3.05, 3.63) is 0 Å². The van der Waals surface area contributed by atoms with Crippen molar-refractivity contribution in [1.29, 1.82) is 0 Å². The molecule has 0 bridgehead atoms. The normalized spacial score (nSPS) is 24.3. The summed E-state index contributed by atoms with van der Waals surface area (Å²) in [5, 5.41) is 10.6. The highest BCUT2D eigenvalue weighted by molar-refractivity contribution is 5.65. The summed E-state index contributed by atoms with van der Waals surface area (Å²) in [6, 6.07) is -0.518. The van der Waals surface area contributed by atoms with E-state index in [9.17, 15) is 18.0 Å². The molecule has 14 heavy (non-hydrogen) atoms. The predicted molar refractivity (Wildman–Crippen MR) is 42.0 cm³/mol. The van der Waals surface area contributed by atoms with Crippen molar-refractivity contribution >= 4 is 6.09 Å². The molecule has 4 nitrogen and oxygen atoms in total. The molecule has 0 spiro atoms. The third-order valence-corrected chi connectivity index (χ3v) is 2.07. The number of likely N-dealkylation sites (tertiary alicyclic amines) is 1. The van der Waals surface area contributed by atoms with Crippen LogP contribution in [0.1, 0.15) is 6.42 Å². The van der Waals surface area contributed by atoms with E-state index >= 15 is 0 Å². The van der Waals surface area contributed by atoms with Crippen LogP contribution < -0.4 is 5.32 Å². The first kappa shape index (κ1) is 11.1. The second-order valence-corrected chi connectivity index (χ2v) is 3.12. The fourth-order valence-corrected chi connectivity index (χ4v) is 1.37. The molecule has 1 fully saturated rings. The van der Waals surface area contributed by atoms with E-state index in [-0.39, 0.29) is 13.1 Å². The topological polar surface area (TPSA) is 52.6 Å². The molecule has 0 aromatic carbocycles. The second-order valence-electron chi connectivity index (χ2n) is 3.12. The molecule has 0 radical (unpaired) electrons. The highest BCUT2D eigenvalue weighted by atomic mass is 19.3. The van der Waals surface area contributed by atoms with Crippen molar-refractivity contribution in [3.8, 4) is 0 Å². The summed E-state index contributed by atoms with van der Waals surface area (Å²) in [6.45, 7) is 0.311. The predicted octanol–water partition coefficient (Wildman–Crippen LogP) is 0.889. The molecule has 0 saturated carbocycles. The van der Waals surface area contributed by atoms with E-state index in [0.717, 1.165) is 4.90 Å². The van der Waals surface area contributed by atoms with Gasteiger partial charge in [-0.15, -0.1) is 0 Å². The van der Waals surface area contributed by atoms with Crippen LogP contribution in [-0.2, 0) is 0 Å². The Morgan fingerprint density at radius 1 is 1.50 bits per heavy atom. The number of halogens is 3. The van der Waals surface area contributed by atoms with Crippen molar-refractivity contribution in [3.63, 3.8) is 0 Å². The maximum Gasteiger partial charge on any atom is 0.407 e. The molecule has 1 saturated heterocycles. The fourth-order valence-electron chi connectivity index (χ4n) is 1.37. The Hall–Kier alpha value is -0.980. The number of carbonyl (C=O) groups is 1. The van der Waals surface area contributed by atoms with Gasteiger partial charge in [0, 0.05) is 19.1 Å². The molecule has 1 aliphatic heterocycles. The average Bonchev–Trinajstić information content (AvgIpc) is 2.52. The lowest BCUT2D eigenvalue weighted by molar-refractivity contribution is 0.0245. The molecule has 0 aromatic rings. The highest BCUT2D eigenvalue weighted by Gasteiger charge is 2.30. The van der Waals surface area contributed by atoms with Gasteiger partial charge in [0.1, 0.15) is 0 Å². The summed E-state index contributed by atoms with van der Waals surface area (Å²) in [6.07, 6.45) is -6.20. The monoisotopic (exact) mass is 212 g/mol. The van der Waals surface area contributed by atoms with Crippen molar-refractivity contribution in [2.24, 2.45) is 0 Å². The van der Waals surface area contributed by atoms with Gasteiger partial charge < -0.3 is 10.0 Å². The lowest BCUT2D eigenvalue weighted by Gasteiger charge is -2.16. The molecule has 2 atom stereocenters. The first-order chi connectivity index (χ1) is 6.50. The van der Waals surface area contributed by atoms with Crippen molar-refractivity contribution < 1.29 is 23.1 Å².